The Bertz CT molecular complexity index is 605. The Hall–Kier alpha value is -2.08. The third-order valence-electron chi connectivity index (χ3n) is 4.69. The van der Waals surface area contributed by atoms with Crippen LogP contribution >= 0.6 is 0 Å². The van der Waals surface area contributed by atoms with E-state index in [1.807, 2.05) is 44.2 Å². The van der Waals surface area contributed by atoms with Gasteiger partial charge in [0.2, 0.25) is 0 Å². The fraction of sp³-hybridized carbons (Fsp3) is 0.556. The van der Waals surface area contributed by atoms with Crippen molar-refractivity contribution in [1.29, 1.82) is 0 Å². The van der Waals surface area contributed by atoms with Gasteiger partial charge in [-0.2, -0.15) is 0 Å². The van der Waals surface area contributed by atoms with Crippen molar-refractivity contribution in [3.05, 3.63) is 30.3 Å². The molecule has 2 heterocycles. The van der Waals surface area contributed by atoms with Gasteiger partial charge in [0, 0.05) is 25.7 Å². The topological polar surface area (TPSA) is 61.9 Å². The number of nitrogens with zero attached hydrogens (tertiary/aromatic N) is 2. The standard InChI is InChI=1S/C18H25N3O3/c1-14(2)21-16(22)18(19-17(21)23)9-11-20(13-18)10-6-12-24-15-7-4-3-5-8-15/h3-5,7-8,14H,6,9-13H2,1-2H3,(H,19,23). The molecule has 0 aromatic heterocycles. The van der Waals surface area contributed by atoms with Crippen molar-refractivity contribution in [1.82, 2.24) is 15.1 Å². The number of imide groups is 1. The van der Waals surface area contributed by atoms with Crippen LogP contribution in [0.15, 0.2) is 30.3 Å². The summed E-state index contributed by atoms with van der Waals surface area (Å²) in [6.45, 7) is 6.65. The zero-order valence-electron chi connectivity index (χ0n) is 14.3. The first-order valence-corrected chi connectivity index (χ1v) is 8.58. The number of para-hydroxylation sites is 1. The lowest BCUT2D eigenvalue weighted by Crippen LogP contribution is -2.49. The Kier molecular flexibility index (Phi) is 4.76. The second-order valence-electron chi connectivity index (χ2n) is 6.82. The fourth-order valence-electron chi connectivity index (χ4n) is 3.46. The summed E-state index contributed by atoms with van der Waals surface area (Å²) in [5, 5.41) is 2.92. The van der Waals surface area contributed by atoms with Crippen LogP contribution in [0.2, 0.25) is 0 Å². The lowest BCUT2D eigenvalue weighted by atomic mass is 9.98. The summed E-state index contributed by atoms with van der Waals surface area (Å²) in [5.41, 5.74) is -0.721. The molecule has 2 fully saturated rings. The second kappa shape index (κ2) is 6.81. The number of hydrogen-bond acceptors (Lipinski definition) is 4. The van der Waals surface area contributed by atoms with Crippen LogP contribution in [0.4, 0.5) is 4.79 Å². The summed E-state index contributed by atoms with van der Waals surface area (Å²) in [6.07, 6.45) is 1.57. The van der Waals surface area contributed by atoms with Gasteiger partial charge in [-0.1, -0.05) is 18.2 Å². The highest BCUT2D eigenvalue weighted by molar-refractivity contribution is 6.07. The van der Waals surface area contributed by atoms with Crippen molar-refractivity contribution in [3.63, 3.8) is 0 Å². The summed E-state index contributed by atoms with van der Waals surface area (Å²) >= 11 is 0. The average Bonchev–Trinajstić information content (AvgIpc) is 3.06. The number of carbonyl (C=O) groups is 2. The molecule has 0 saturated carbocycles. The van der Waals surface area contributed by atoms with Crippen LogP contribution in [0.25, 0.3) is 0 Å². The number of rotatable bonds is 6. The van der Waals surface area contributed by atoms with E-state index < -0.39 is 5.54 Å². The first kappa shape index (κ1) is 16.8. The summed E-state index contributed by atoms with van der Waals surface area (Å²) < 4.78 is 5.70. The third-order valence-corrected chi connectivity index (χ3v) is 4.69. The molecule has 1 atom stereocenters. The molecule has 0 radical (unpaired) electrons. The highest BCUT2D eigenvalue weighted by atomic mass is 16.5. The Balaban J connectivity index is 1.47. The van der Waals surface area contributed by atoms with Crippen molar-refractivity contribution >= 4 is 11.9 Å². The third kappa shape index (κ3) is 3.24. The molecule has 1 spiro atoms. The maximum Gasteiger partial charge on any atom is 0.325 e. The fourth-order valence-corrected chi connectivity index (χ4v) is 3.46. The van der Waals surface area contributed by atoms with Crippen LogP contribution in [-0.4, -0.2) is 59.6 Å². The van der Waals surface area contributed by atoms with Crippen molar-refractivity contribution in [2.24, 2.45) is 0 Å². The molecule has 6 heteroatoms. The number of carbonyl (C=O) groups excluding carboxylic acids is 2. The van der Waals surface area contributed by atoms with Crippen molar-refractivity contribution in [2.45, 2.75) is 38.3 Å². The number of hydrogen-bond donors (Lipinski definition) is 1. The van der Waals surface area contributed by atoms with Crippen molar-refractivity contribution in [3.8, 4) is 5.75 Å². The number of ether oxygens (including phenoxy) is 1. The van der Waals surface area contributed by atoms with Crippen LogP contribution < -0.4 is 10.1 Å². The molecule has 130 valence electrons. The normalized spacial score (nSPS) is 24.2. The van der Waals surface area contributed by atoms with E-state index in [-0.39, 0.29) is 18.0 Å². The number of nitrogens with one attached hydrogen (secondary N) is 1. The van der Waals surface area contributed by atoms with Gasteiger partial charge in [-0.05, 0) is 38.8 Å². The molecule has 6 nitrogen and oxygen atoms in total. The quantitative estimate of drug-likeness (QED) is 0.638. The smallest absolute Gasteiger partial charge is 0.325 e. The lowest BCUT2D eigenvalue weighted by Gasteiger charge is -2.23. The maximum absolute atomic E-state index is 12.6. The molecule has 1 aromatic carbocycles. The monoisotopic (exact) mass is 331 g/mol. The largest absolute Gasteiger partial charge is 0.494 e. The molecule has 2 saturated heterocycles. The SMILES string of the molecule is CC(C)N1C(=O)NC2(CCN(CCCOc3ccccc3)C2)C1=O. The van der Waals surface area contributed by atoms with E-state index in [0.717, 1.165) is 25.3 Å². The molecule has 1 unspecified atom stereocenters. The van der Waals surface area contributed by atoms with Gasteiger partial charge in [0.25, 0.3) is 5.91 Å². The molecule has 2 aliphatic rings. The molecule has 1 N–H and O–H groups in total. The first-order chi connectivity index (χ1) is 11.5. The van der Waals surface area contributed by atoms with Crippen LogP contribution in [0, 0.1) is 0 Å². The molecule has 3 amide bonds. The maximum atomic E-state index is 12.6. The number of benzene rings is 1. The van der Waals surface area contributed by atoms with Gasteiger partial charge in [0.15, 0.2) is 0 Å². The molecule has 0 aliphatic carbocycles. The minimum Gasteiger partial charge on any atom is -0.494 e. The molecular weight excluding hydrogens is 306 g/mol. The predicted octanol–water partition coefficient (Wildman–Crippen LogP) is 1.86. The Labute approximate surface area is 142 Å². The van der Waals surface area contributed by atoms with Gasteiger partial charge in [-0.15, -0.1) is 0 Å². The minimum absolute atomic E-state index is 0.0782. The molecular formula is C18H25N3O3. The summed E-state index contributed by atoms with van der Waals surface area (Å²) in [6, 6.07) is 9.39. The van der Waals surface area contributed by atoms with Crippen LogP contribution in [0.5, 0.6) is 5.75 Å². The average molecular weight is 331 g/mol. The number of likely N-dealkylation sites (tertiary alicyclic amines) is 1. The number of amides is 3. The molecule has 1 aromatic rings. The zero-order chi connectivity index (χ0) is 17.2. The summed E-state index contributed by atoms with van der Waals surface area (Å²) in [7, 11) is 0. The Morgan fingerprint density at radius 3 is 2.67 bits per heavy atom. The van der Waals surface area contributed by atoms with E-state index in [9.17, 15) is 9.59 Å². The van der Waals surface area contributed by atoms with Crippen molar-refractivity contribution in [2.75, 3.05) is 26.2 Å². The second-order valence-corrected chi connectivity index (χ2v) is 6.82. The van der Waals surface area contributed by atoms with Crippen LogP contribution in [0.3, 0.4) is 0 Å². The molecule has 0 bridgehead atoms. The van der Waals surface area contributed by atoms with Gasteiger partial charge >= 0.3 is 6.03 Å². The predicted molar refractivity (Wildman–Crippen MR) is 90.9 cm³/mol. The highest BCUT2D eigenvalue weighted by Crippen LogP contribution is 2.29. The Morgan fingerprint density at radius 1 is 1.25 bits per heavy atom. The molecule has 24 heavy (non-hydrogen) atoms. The highest BCUT2D eigenvalue weighted by Gasteiger charge is 2.54. The lowest BCUT2D eigenvalue weighted by molar-refractivity contribution is -0.132. The summed E-state index contributed by atoms with van der Waals surface area (Å²) in [5.74, 6) is 0.798. The van der Waals surface area contributed by atoms with E-state index in [0.29, 0.717) is 19.6 Å². The van der Waals surface area contributed by atoms with Gasteiger partial charge in [0.05, 0.1) is 6.61 Å². The van der Waals surface area contributed by atoms with E-state index in [1.54, 1.807) is 0 Å². The first-order valence-electron chi connectivity index (χ1n) is 8.58. The van der Waals surface area contributed by atoms with Crippen LogP contribution in [-0.2, 0) is 4.79 Å². The summed E-state index contributed by atoms with van der Waals surface area (Å²) in [4.78, 5) is 28.3. The van der Waals surface area contributed by atoms with Gasteiger partial charge < -0.3 is 15.0 Å². The van der Waals surface area contributed by atoms with E-state index in [1.165, 1.54) is 4.90 Å². The van der Waals surface area contributed by atoms with Crippen molar-refractivity contribution < 1.29 is 14.3 Å². The molecule has 2 aliphatic heterocycles. The van der Waals surface area contributed by atoms with E-state index >= 15 is 0 Å². The van der Waals surface area contributed by atoms with E-state index in [2.05, 4.69) is 10.2 Å². The van der Waals surface area contributed by atoms with E-state index in [4.69, 9.17) is 4.74 Å². The van der Waals surface area contributed by atoms with Gasteiger partial charge in [-0.3, -0.25) is 9.69 Å². The number of urea groups is 1. The Morgan fingerprint density at radius 2 is 2.00 bits per heavy atom. The minimum atomic E-state index is -0.721. The molecule has 3 rings (SSSR count). The van der Waals surface area contributed by atoms with Crippen LogP contribution in [0.1, 0.15) is 26.7 Å². The zero-order valence-corrected chi connectivity index (χ0v) is 14.3. The van der Waals surface area contributed by atoms with Gasteiger partial charge in [0.1, 0.15) is 11.3 Å². The van der Waals surface area contributed by atoms with Gasteiger partial charge in [-0.25, -0.2) is 4.79 Å².